The molecule has 0 bridgehead atoms. The molecular weight excluding hydrogens is 422 g/mol. The molecule has 0 aliphatic carbocycles. The van der Waals surface area contributed by atoms with E-state index < -0.39 is 6.04 Å². The Balaban J connectivity index is 1.32. The van der Waals surface area contributed by atoms with E-state index in [0.717, 1.165) is 64.3 Å². The lowest BCUT2D eigenvalue weighted by atomic mass is 9.92. The van der Waals surface area contributed by atoms with Crippen molar-refractivity contribution in [2.24, 2.45) is 5.92 Å². The Morgan fingerprint density at radius 2 is 1.78 bits per heavy atom. The quantitative estimate of drug-likeness (QED) is 0.665. The number of thiophene rings is 1. The molecule has 172 valence electrons. The summed E-state index contributed by atoms with van der Waals surface area (Å²) in [6.07, 6.45) is 3.76. The van der Waals surface area contributed by atoms with E-state index in [9.17, 15) is 9.59 Å². The minimum absolute atomic E-state index is 0.0328. The Morgan fingerprint density at radius 1 is 1.03 bits per heavy atom. The Hall–Kier alpha value is -2.22. The van der Waals surface area contributed by atoms with Gasteiger partial charge in [-0.2, -0.15) is 0 Å². The monoisotopic (exact) mass is 455 g/mol. The average molecular weight is 456 g/mol. The van der Waals surface area contributed by atoms with E-state index in [1.807, 2.05) is 46.7 Å². The van der Waals surface area contributed by atoms with Crippen LogP contribution >= 0.6 is 11.3 Å². The molecule has 0 spiro atoms. The van der Waals surface area contributed by atoms with Crippen LogP contribution in [0.2, 0.25) is 0 Å². The number of ether oxygens (including phenoxy) is 1. The maximum atomic E-state index is 13.4. The zero-order valence-electron chi connectivity index (χ0n) is 18.6. The summed E-state index contributed by atoms with van der Waals surface area (Å²) in [5, 5.41) is 4.89. The Bertz CT molecular complexity index is 845. The van der Waals surface area contributed by atoms with E-state index in [2.05, 4.69) is 10.2 Å². The maximum absolute atomic E-state index is 13.4. The molecule has 4 rings (SSSR count). The van der Waals surface area contributed by atoms with Crippen molar-refractivity contribution < 1.29 is 14.3 Å². The lowest BCUT2D eigenvalue weighted by molar-refractivity contribution is -0.134. The van der Waals surface area contributed by atoms with Gasteiger partial charge in [0.05, 0.1) is 18.1 Å². The highest BCUT2D eigenvalue weighted by Crippen LogP contribution is 2.22. The second-order valence-corrected chi connectivity index (χ2v) is 9.65. The molecule has 32 heavy (non-hydrogen) atoms. The largest absolute Gasteiger partial charge is 0.379 e. The van der Waals surface area contributed by atoms with Crippen molar-refractivity contribution in [2.75, 3.05) is 45.9 Å². The molecule has 2 aliphatic rings. The van der Waals surface area contributed by atoms with E-state index >= 15 is 0 Å². The predicted octanol–water partition coefficient (Wildman–Crippen LogP) is 3.05. The van der Waals surface area contributed by atoms with Gasteiger partial charge in [-0.05, 0) is 48.7 Å². The molecule has 1 atom stereocenters. The standard InChI is InChI=1S/C25H33N3O3S/c29-24(23-7-4-18-32-23)26-22(19-21-5-2-1-3-6-21)25(30)28-12-9-20(10-13-28)8-11-27-14-16-31-17-15-27/h1-7,18,20,22H,8-17,19H2,(H,26,29). The van der Waals surface area contributed by atoms with Gasteiger partial charge in [-0.3, -0.25) is 14.5 Å². The van der Waals surface area contributed by atoms with Crippen molar-refractivity contribution in [3.8, 4) is 0 Å². The first-order valence-electron chi connectivity index (χ1n) is 11.7. The summed E-state index contributed by atoms with van der Waals surface area (Å²) in [6, 6.07) is 13.0. The maximum Gasteiger partial charge on any atom is 0.262 e. The number of likely N-dealkylation sites (tertiary alicyclic amines) is 1. The van der Waals surface area contributed by atoms with Crippen molar-refractivity contribution >= 4 is 23.2 Å². The molecule has 6 nitrogen and oxygen atoms in total. The lowest BCUT2D eigenvalue weighted by Gasteiger charge is -2.35. The Kier molecular flexibility index (Phi) is 8.31. The molecular formula is C25H33N3O3S. The van der Waals surface area contributed by atoms with Gasteiger partial charge in [-0.15, -0.1) is 11.3 Å². The first-order valence-corrected chi connectivity index (χ1v) is 12.5. The van der Waals surface area contributed by atoms with Crippen molar-refractivity contribution in [1.29, 1.82) is 0 Å². The van der Waals surface area contributed by atoms with Crippen LogP contribution in [-0.2, 0) is 16.0 Å². The van der Waals surface area contributed by atoms with Gasteiger partial charge in [0, 0.05) is 32.6 Å². The molecule has 0 saturated carbocycles. The van der Waals surface area contributed by atoms with E-state index in [0.29, 0.717) is 17.2 Å². The molecule has 2 amide bonds. The van der Waals surface area contributed by atoms with Gasteiger partial charge in [-0.1, -0.05) is 36.4 Å². The fraction of sp³-hybridized carbons (Fsp3) is 0.520. The molecule has 7 heteroatoms. The first kappa shape index (κ1) is 23.0. The van der Waals surface area contributed by atoms with Crippen LogP contribution in [0, 0.1) is 5.92 Å². The Morgan fingerprint density at radius 3 is 2.47 bits per heavy atom. The molecule has 2 fully saturated rings. The molecule has 1 aromatic heterocycles. The number of carbonyl (C=O) groups excluding carboxylic acids is 2. The summed E-state index contributed by atoms with van der Waals surface area (Å²) in [4.78, 5) is 31.2. The van der Waals surface area contributed by atoms with Crippen molar-refractivity contribution in [3.63, 3.8) is 0 Å². The molecule has 3 heterocycles. The van der Waals surface area contributed by atoms with Crippen molar-refractivity contribution in [2.45, 2.75) is 31.7 Å². The van der Waals surface area contributed by atoms with Gasteiger partial charge in [0.15, 0.2) is 0 Å². The van der Waals surface area contributed by atoms with Crippen LogP contribution in [0.5, 0.6) is 0 Å². The summed E-state index contributed by atoms with van der Waals surface area (Å²) in [5.74, 6) is 0.523. The molecule has 0 radical (unpaired) electrons. The minimum atomic E-state index is -0.545. The second kappa shape index (κ2) is 11.6. The smallest absolute Gasteiger partial charge is 0.262 e. The van der Waals surface area contributed by atoms with Gasteiger partial charge >= 0.3 is 0 Å². The summed E-state index contributed by atoms with van der Waals surface area (Å²) >= 11 is 1.40. The van der Waals surface area contributed by atoms with Gasteiger partial charge in [-0.25, -0.2) is 0 Å². The van der Waals surface area contributed by atoms with Crippen LogP contribution in [0.15, 0.2) is 47.8 Å². The van der Waals surface area contributed by atoms with Crippen LogP contribution < -0.4 is 5.32 Å². The van der Waals surface area contributed by atoms with Crippen LogP contribution in [0.4, 0.5) is 0 Å². The van der Waals surface area contributed by atoms with Crippen LogP contribution in [0.25, 0.3) is 0 Å². The third-order valence-corrected chi connectivity index (χ3v) is 7.38. The molecule has 2 saturated heterocycles. The zero-order chi connectivity index (χ0) is 22.2. The number of morpholine rings is 1. The number of carbonyl (C=O) groups is 2. The van der Waals surface area contributed by atoms with E-state index in [1.165, 1.54) is 17.8 Å². The minimum Gasteiger partial charge on any atom is -0.379 e. The summed E-state index contributed by atoms with van der Waals surface area (Å²) in [6.45, 7) is 6.40. The normalized spacial score (nSPS) is 18.9. The first-order chi connectivity index (χ1) is 15.7. The number of nitrogens with one attached hydrogen (secondary N) is 1. The molecule has 1 aromatic carbocycles. The number of rotatable bonds is 8. The third-order valence-electron chi connectivity index (χ3n) is 6.51. The summed E-state index contributed by atoms with van der Waals surface area (Å²) < 4.78 is 5.43. The number of hydrogen-bond donors (Lipinski definition) is 1. The number of amides is 2. The second-order valence-electron chi connectivity index (χ2n) is 8.70. The number of hydrogen-bond acceptors (Lipinski definition) is 5. The molecule has 1 unspecified atom stereocenters. The lowest BCUT2D eigenvalue weighted by Crippen LogP contribution is -2.51. The predicted molar refractivity (Wildman–Crippen MR) is 127 cm³/mol. The highest BCUT2D eigenvalue weighted by Gasteiger charge is 2.30. The van der Waals surface area contributed by atoms with Gasteiger partial charge in [0.2, 0.25) is 5.91 Å². The molecule has 1 N–H and O–H groups in total. The molecule has 2 aromatic rings. The van der Waals surface area contributed by atoms with Gasteiger partial charge < -0.3 is 15.0 Å². The SMILES string of the molecule is O=C(NC(Cc1ccccc1)C(=O)N1CCC(CCN2CCOCC2)CC1)c1cccs1. The van der Waals surface area contributed by atoms with Gasteiger partial charge in [0.25, 0.3) is 5.91 Å². The summed E-state index contributed by atoms with van der Waals surface area (Å²) in [7, 11) is 0. The van der Waals surface area contributed by atoms with E-state index in [1.54, 1.807) is 6.07 Å². The number of piperidine rings is 1. The average Bonchev–Trinajstić information content (AvgIpc) is 3.39. The zero-order valence-corrected chi connectivity index (χ0v) is 19.4. The summed E-state index contributed by atoms with van der Waals surface area (Å²) in [5.41, 5.74) is 1.05. The topological polar surface area (TPSA) is 61.9 Å². The fourth-order valence-electron chi connectivity index (χ4n) is 4.54. The van der Waals surface area contributed by atoms with Crippen LogP contribution in [0.3, 0.4) is 0 Å². The van der Waals surface area contributed by atoms with Crippen LogP contribution in [-0.4, -0.2) is 73.6 Å². The van der Waals surface area contributed by atoms with Crippen LogP contribution in [0.1, 0.15) is 34.5 Å². The third kappa shape index (κ3) is 6.40. The van der Waals surface area contributed by atoms with E-state index in [4.69, 9.17) is 4.74 Å². The number of nitrogens with zero attached hydrogens (tertiary/aromatic N) is 2. The van der Waals surface area contributed by atoms with Gasteiger partial charge in [0.1, 0.15) is 6.04 Å². The Labute approximate surface area is 194 Å². The molecule has 2 aliphatic heterocycles. The fourth-order valence-corrected chi connectivity index (χ4v) is 5.17. The van der Waals surface area contributed by atoms with Crippen molar-refractivity contribution in [1.82, 2.24) is 15.1 Å². The highest BCUT2D eigenvalue weighted by atomic mass is 32.1. The number of benzene rings is 1. The highest BCUT2D eigenvalue weighted by molar-refractivity contribution is 7.12. The van der Waals surface area contributed by atoms with E-state index in [-0.39, 0.29) is 11.8 Å². The van der Waals surface area contributed by atoms with Crippen molar-refractivity contribution in [3.05, 3.63) is 58.3 Å².